The predicted octanol–water partition coefficient (Wildman–Crippen LogP) is 5.32. The van der Waals surface area contributed by atoms with Gasteiger partial charge in [-0.3, -0.25) is 14.3 Å². The highest BCUT2D eigenvalue weighted by molar-refractivity contribution is 7.99. The van der Waals surface area contributed by atoms with Crippen LogP contribution in [0.5, 0.6) is 11.6 Å². The van der Waals surface area contributed by atoms with Crippen molar-refractivity contribution in [2.24, 2.45) is 10.2 Å². The van der Waals surface area contributed by atoms with Crippen LogP contribution in [0.15, 0.2) is 88.4 Å². The van der Waals surface area contributed by atoms with Gasteiger partial charge in [-0.05, 0) is 49.4 Å². The average Bonchev–Trinajstić information content (AvgIpc) is 3.47. The van der Waals surface area contributed by atoms with Gasteiger partial charge < -0.3 is 14.8 Å². The zero-order chi connectivity index (χ0) is 24.9. The van der Waals surface area contributed by atoms with Gasteiger partial charge in [-0.15, -0.1) is 20.4 Å². The van der Waals surface area contributed by atoms with Crippen LogP contribution in [0.4, 0.5) is 5.69 Å². The molecular weight excluding hydrogens is 478 g/mol. The largest absolute Gasteiger partial charge is 0.494 e. The van der Waals surface area contributed by atoms with Gasteiger partial charge in [0.15, 0.2) is 16.7 Å². The van der Waals surface area contributed by atoms with Crippen molar-refractivity contribution in [1.82, 2.24) is 24.7 Å². The maximum atomic E-state index is 12.5. The fraction of sp³-hybridized carbons (Fsp3) is 0.120. The Hall–Kier alpha value is -4.51. The third-order valence-electron chi connectivity index (χ3n) is 5.20. The molecule has 0 saturated carbocycles. The van der Waals surface area contributed by atoms with E-state index in [0.717, 1.165) is 17.0 Å². The lowest BCUT2D eigenvalue weighted by Gasteiger charge is -2.11. The molecule has 0 aliphatic carbocycles. The highest BCUT2D eigenvalue weighted by atomic mass is 32.2. The third-order valence-corrected chi connectivity index (χ3v) is 6.12. The Morgan fingerprint density at radius 3 is 2.72 bits per heavy atom. The number of carbonyl (C=O) groups is 1. The molecule has 5 aromatic rings. The Balaban J connectivity index is 1.39. The van der Waals surface area contributed by atoms with Crippen molar-refractivity contribution in [3.63, 3.8) is 0 Å². The Morgan fingerprint density at radius 1 is 1.11 bits per heavy atom. The molecule has 0 saturated heterocycles. The number of aromatic hydroxyl groups is 1. The number of para-hydroxylation sites is 1. The number of nitrogens with zero attached hydrogens (tertiary/aromatic N) is 6. The van der Waals surface area contributed by atoms with Crippen LogP contribution < -0.4 is 4.74 Å². The Kier molecular flexibility index (Phi) is 6.72. The molecule has 3 heterocycles. The molecule has 0 bridgehead atoms. The van der Waals surface area contributed by atoms with E-state index in [1.54, 1.807) is 24.5 Å². The molecule has 5 rings (SSSR count). The second-order valence-corrected chi connectivity index (χ2v) is 8.50. The molecule has 0 atom stereocenters. The molecule has 0 unspecified atom stereocenters. The molecule has 36 heavy (non-hydrogen) atoms. The molecule has 0 spiro atoms. The minimum atomic E-state index is -0.478. The molecule has 0 radical (unpaired) electrons. The van der Waals surface area contributed by atoms with Crippen molar-refractivity contribution in [2.45, 2.75) is 12.1 Å². The molecule has 3 aromatic heterocycles. The summed E-state index contributed by atoms with van der Waals surface area (Å²) in [5.74, 6) is 0.704. The lowest BCUT2D eigenvalue weighted by Crippen LogP contribution is -2.03. The van der Waals surface area contributed by atoms with Crippen LogP contribution in [0.25, 0.3) is 28.0 Å². The number of hydrogen-bond acceptors (Lipinski definition) is 8. The standard InChI is InChI=1S/C25H21N7O3S/c1-2-35-18-11-9-17(10-12-18)32-23(16-6-5-13-26-14-16)30-31-25(32)36-15-21(33)28-29-22-19-7-3-4-8-20(19)27-24(22)34/h3-14,27,34H,2,15H2,1H3. The summed E-state index contributed by atoms with van der Waals surface area (Å²) in [4.78, 5) is 19.5. The molecule has 11 heteroatoms. The Labute approximate surface area is 210 Å². The van der Waals surface area contributed by atoms with E-state index >= 15 is 0 Å². The number of nitrogens with one attached hydrogen (secondary N) is 1. The van der Waals surface area contributed by atoms with Crippen molar-refractivity contribution in [1.29, 1.82) is 0 Å². The first-order valence-corrected chi connectivity index (χ1v) is 12.1. The Bertz CT molecular complexity index is 1530. The number of fused-ring (bicyclic) bond motifs is 1. The fourth-order valence-corrected chi connectivity index (χ4v) is 4.34. The minimum Gasteiger partial charge on any atom is -0.494 e. The van der Waals surface area contributed by atoms with E-state index in [0.29, 0.717) is 28.5 Å². The van der Waals surface area contributed by atoms with Crippen LogP contribution in [-0.2, 0) is 4.79 Å². The number of amides is 1. The number of aromatic nitrogens is 5. The average molecular weight is 500 g/mol. The number of pyridine rings is 1. The van der Waals surface area contributed by atoms with Gasteiger partial charge in [0, 0.05) is 29.0 Å². The van der Waals surface area contributed by atoms with Gasteiger partial charge in [0.05, 0.1) is 17.9 Å². The zero-order valence-corrected chi connectivity index (χ0v) is 20.0. The second-order valence-electron chi connectivity index (χ2n) is 7.56. The summed E-state index contributed by atoms with van der Waals surface area (Å²) in [5, 5.41) is 27.7. The molecular formula is C25H21N7O3S. The van der Waals surface area contributed by atoms with E-state index in [-0.39, 0.29) is 17.3 Å². The number of rotatable bonds is 8. The summed E-state index contributed by atoms with van der Waals surface area (Å²) in [6, 6.07) is 18.5. The fourth-order valence-electron chi connectivity index (χ4n) is 3.61. The van der Waals surface area contributed by atoms with Crippen molar-refractivity contribution in [2.75, 3.05) is 12.4 Å². The zero-order valence-electron chi connectivity index (χ0n) is 19.2. The van der Waals surface area contributed by atoms with Crippen molar-refractivity contribution >= 4 is 34.3 Å². The molecule has 0 aliphatic heterocycles. The normalized spacial score (nSPS) is 11.4. The van der Waals surface area contributed by atoms with Crippen LogP contribution in [0.1, 0.15) is 6.92 Å². The number of H-pyrrole nitrogens is 1. The predicted molar refractivity (Wildman–Crippen MR) is 136 cm³/mol. The van der Waals surface area contributed by atoms with Crippen molar-refractivity contribution < 1.29 is 14.6 Å². The lowest BCUT2D eigenvalue weighted by molar-refractivity contribution is -0.115. The first-order valence-electron chi connectivity index (χ1n) is 11.1. The number of aromatic amines is 1. The monoisotopic (exact) mass is 499 g/mol. The van der Waals surface area contributed by atoms with Gasteiger partial charge in [-0.25, -0.2) is 0 Å². The highest BCUT2D eigenvalue weighted by Gasteiger charge is 2.18. The summed E-state index contributed by atoms with van der Waals surface area (Å²) >= 11 is 1.19. The van der Waals surface area contributed by atoms with Crippen LogP contribution in [0.3, 0.4) is 0 Å². The van der Waals surface area contributed by atoms with E-state index in [1.807, 2.05) is 60.0 Å². The Morgan fingerprint density at radius 2 is 1.94 bits per heavy atom. The minimum absolute atomic E-state index is 0.0190. The molecule has 0 aliphatic rings. The maximum absolute atomic E-state index is 12.5. The number of benzene rings is 2. The highest BCUT2D eigenvalue weighted by Crippen LogP contribution is 2.35. The van der Waals surface area contributed by atoms with Gasteiger partial charge in [-0.2, -0.15) is 0 Å². The number of ether oxygens (including phenoxy) is 1. The van der Waals surface area contributed by atoms with Crippen LogP contribution in [0.2, 0.25) is 0 Å². The summed E-state index contributed by atoms with van der Waals surface area (Å²) in [7, 11) is 0. The van der Waals surface area contributed by atoms with E-state index in [1.165, 1.54) is 11.8 Å². The van der Waals surface area contributed by atoms with Gasteiger partial charge in [0.2, 0.25) is 5.88 Å². The quantitative estimate of drug-likeness (QED) is 0.218. The summed E-state index contributed by atoms with van der Waals surface area (Å²) in [6.45, 7) is 2.50. The number of hydrogen-bond donors (Lipinski definition) is 2. The maximum Gasteiger partial charge on any atom is 0.275 e. The second kappa shape index (κ2) is 10.4. The van der Waals surface area contributed by atoms with Crippen LogP contribution in [0, 0.1) is 0 Å². The van der Waals surface area contributed by atoms with E-state index < -0.39 is 5.91 Å². The van der Waals surface area contributed by atoms with Crippen molar-refractivity contribution in [3.8, 4) is 28.7 Å². The summed E-state index contributed by atoms with van der Waals surface area (Å²) in [6.07, 6.45) is 3.39. The van der Waals surface area contributed by atoms with Gasteiger partial charge in [-0.1, -0.05) is 30.0 Å². The number of azo groups is 1. The first kappa shape index (κ1) is 23.2. The van der Waals surface area contributed by atoms with Gasteiger partial charge >= 0.3 is 0 Å². The van der Waals surface area contributed by atoms with E-state index in [2.05, 4.69) is 30.4 Å². The van der Waals surface area contributed by atoms with Crippen molar-refractivity contribution in [3.05, 3.63) is 73.1 Å². The number of carbonyl (C=O) groups excluding carboxylic acids is 1. The summed E-state index contributed by atoms with van der Waals surface area (Å²) in [5.41, 5.74) is 2.52. The molecule has 2 aromatic carbocycles. The molecule has 10 nitrogen and oxygen atoms in total. The molecule has 0 fully saturated rings. The number of thioether (sulfide) groups is 1. The van der Waals surface area contributed by atoms with E-state index in [9.17, 15) is 9.90 Å². The topological polar surface area (TPSA) is 131 Å². The van der Waals surface area contributed by atoms with E-state index in [4.69, 9.17) is 4.74 Å². The molecule has 180 valence electrons. The third kappa shape index (κ3) is 4.82. The van der Waals surface area contributed by atoms with Crippen LogP contribution in [-0.4, -0.2) is 48.1 Å². The molecule has 1 amide bonds. The smallest absolute Gasteiger partial charge is 0.275 e. The van der Waals surface area contributed by atoms with Gasteiger partial charge in [0.1, 0.15) is 5.75 Å². The SMILES string of the molecule is CCOc1ccc(-n2c(SCC(=O)N=Nc3c(O)[nH]c4ccccc34)nnc2-c2cccnc2)cc1. The summed E-state index contributed by atoms with van der Waals surface area (Å²) < 4.78 is 7.41. The lowest BCUT2D eigenvalue weighted by atomic mass is 10.2. The molecule has 2 N–H and O–H groups in total. The first-order chi connectivity index (χ1) is 17.6. The van der Waals surface area contributed by atoms with Gasteiger partial charge in [0.25, 0.3) is 5.91 Å². The van der Waals surface area contributed by atoms with Crippen LogP contribution >= 0.6 is 11.8 Å².